The van der Waals surface area contributed by atoms with Crippen LogP contribution in [-0.4, -0.2) is 52.3 Å². The molecule has 0 saturated carbocycles. The maximum Gasteiger partial charge on any atom is 0.317 e. The molecule has 1 aliphatic heterocycles. The molecule has 0 aromatic carbocycles. The second-order valence-electron chi connectivity index (χ2n) is 4.92. The number of hydrogen-bond donors (Lipinski definition) is 2. The van der Waals surface area contributed by atoms with Gasteiger partial charge in [0.1, 0.15) is 0 Å². The van der Waals surface area contributed by atoms with Gasteiger partial charge in [0.25, 0.3) is 0 Å². The van der Waals surface area contributed by atoms with Crippen molar-refractivity contribution in [3.05, 3.63) is 0 Å². The van der Waals surface area contributed by atoms with Crippen LogP contribution in [0.3, 0.4) is 0 Å². The maximum atomic E-state index is 12.0. The molecule has 1 rings (SSSR count). The lowest BCUT2D eigenvalue weighted by atomic mass is 10.2. The molecule has 2 amide bonds. The fourth-order valence-electron chi connectivity index (χ4n) is 1.92. The van der Waals surface area contributed by atoms with Crippen molar-refractivity contribution in [1.29, 1.82) is 0 Å². The van der Waals surface area contributed by atoms with E-state index in [-0.39, 0.29) is 12.1 Å². The highest BCUT2D eigenvalue weighted by atomic mass is 32.2. The van der Waals surface area contributed by atoms with Gasteiger partial charge in [0.2, 0.25) is 0 Å². The summed E-state index contributed by atoms with van der Waals surface area (Å²) in [4.78, 5) is 13.7. The Morgan fingerprint density at radius 3 is 2.71 bits per heavy atom. The minimum Gasteiger partial charge on any atom is -0.392 e. The quantitative estimate of drug-likeness (QED) is 0.791. The van der Waals surface area contributed by atoms with Crippen molar-refractivity contribution in [2.24, 2.45) is 0 Å². The summed E-state index contributed by atoms with van der Waals surface area (Å²) >= 11 is 1.94. The number of thioether (sulfide) groups is 1. The minimum absolute atomic E-state index is 0.0617. The van der Waals surface area contributed by atoms with Crippen LogP contribution in [0.2, 0.25) is 0 Å². The Bertz CT molecular complexity index is 241. The van der Waals surface area contributed by atoms with Crippen LogP contribution in [0.4, 0.5) is 4.79 Å². The average Bonchev–Trinajstić information content (AvgIpc) is 2.74. The van der Waals surface area contributed by atoms with Crippen LogP contribution in [-0.2, 0) is 0 Å². The number of carbonyl (C=O) groups excluding carboxylic acids is 1. The number of nitrogens with one attached hydrogen (secondary N) is 1. The van der Waals surface area contributed by atoms with E-state index in [0.29, 0.717) is 11.8 Å². The van der Waals surface area contributed by atoms with Gasteiger partial charge in [0.15, 0.2) is 0 Å². The third-order valence-electron chi connectivity index (χ3n) is 2.85. The fraction of sp³-hybridized carbons (Fsp3) is 0.917. The monoisotopic (exact) mass is 260 g/mol. The fourth-order valence-corrected chi connectivity index (χ4v) is 3.12. The van der Waals surface area contributed by atoms with Crippen LogP contribution in [0.1, 0.15) is 33.6 Å². The van der Waals surface area contributed by atoms with E-state index in [1.54, 1.807) is 11.8 Å². The third-order valence-corrected chi connectivity index (χ3v) is 4.25. The molecule has 4 nitrogen and oxygen atoms in total. The van der Waals surface area contributed by atoms with Crippen molar-refractivity contribution in [3.63, 3.8) is 0 Å². The highest BCUT2D eigenvalue weighted by Gasteiger charge is 2.21. The van der Waals surface area contributed by atoms with Crippen LogP contribution < -0.4 is 5.32 Å². The zero-order valence-electron chi connectivity index (χ0n) is 11.0. The molecule has 0 aromatic rings. The van der Waals surface area contributed by atoms with Crippen molar-refractivity contribution in [3.8, 4) is 0 Å². The zero-order chi connectivity index (χ0) is 12.8. The molecule has 100 valence electrons. The van der Waals surface area contributed by atoms with E-state index in [4.69, 9.17) is 0 Å². The number of carbonyl (C=O) groups is 1. The largest absolute Gasteiger partial charge is 0.392 e. The summed E-state index contributed by atoms with van der Waals surface area (Å²) in [5, 5.41) is 12.9. The van der Waals surface area contributed by atoms with Crippen molar-refractivity contribution in [2.75, 3.05) is 18.8 Å². The predicted molar refractivity (Wildman–Crippen MR) is 72.4 cm³/mol. The van der Waals surface area contributed by atoms with Gasteiger partial charge in [-0.3, -0.25) is 0 Å². The number of urea groups is 1. The first-order valence-electron chi connectivity index (χ1n) is 6.35. The molecule has 17 heavy (non-hydrogen) atoms. The average molecular weight is 260 g/mol. The molecule has 0 aliphatic carbocycles. The Morgan fingerprint density at radius 2 is 2.24 bits per heavy atom. The Hall–Kier alpha value is -0.420. The third kappa shape index (κ3) is 5.17. The van der Waals surface area contributed by atoms with Gasteiger partial charge >= 0.3 is 6.03 Å². The summed E-state index contributed by atoms with van der Waals surface area (Å²) < 4.78 is 0. The lowest BCUT2D eigenvalue weighted by Crippen LogP contribution is -2.48. The van der Waals surface area contributed by atoms with E-state index >= 15 is 0 Å². The van der Waals surface area contributed by atoms with Gasteiger partial charge in [-0.05, 0) is 39.4 Å². The molecule has 0 aromatic heterocycles. The summed E-state index contributed by atoms with van der Waals surface area (Å²) in [6, 6.07) is 0.0502. The van der Waals surface area contributed by atoms with Crippen LogP contribution in [0.5, 0.6) is 0 Å². The number of rotatable bonds is 5. The molecule has 1 saturated heterocycles. The highest BCUT2D eigenvalue weighted by Crippen LogP contribution is 2.25. The first kappa shape index (κ1) is 14.6. The van der Waals surface area contributed by atoms with E-state index in [1.165, 1.54) is 18.6 Å². The molecule has 0 spiro atoms. The number of aliphatic hydroxyl groups is 1. The summed E-state index contributed by atoms with van der Waals surface area (Å²) in [5.74, 6) is 1.21. The number of aliphatic hydroxyl groups excluding tert-OH is 1. The van der Waals surface area contributed by atoms with Gasteiger partial charge in [0, 0.05) is 24.4 Å². The standard InChI is InChI=1S/C12H24N2O2S/c1-9(2)14(8-10(3)15)12(16)13-7-11-5-4-6-17-11/h9-11,15H,4-8H2,1-3H3,(H,13,16). The summed E-state index contributed by atoms with van der Waals surface area (Å²) in [7, 11) is 0. The first-order chi connectivity index (χ1) is 8.00. The molecular formula is C12H24N2O2S. The van der Waals surface area contributed by atoms with Gasteiger partial charge < -0.3 is 15.3 Å². The van der Waals surface area contributed by atoms with Crippen molar-refractivity contribution >= 4 is 17.8 Å². The molecule has 0 radical (unpaired) electrons. The molecule has 2 unspecified atom stereocenters. The molecule has 1 fully saturated rings. The molecule has 1 heterocycles. The van der Waals surface area contributed by atoms with Gasteiger partial charge in [0.05, 0.1) is 6.10 Å². The summed E-state index contributed by atoms with van der Waals surface area (Å²) in [6.45, 7) is 6.77. The van der Waals surface area contributed by atoms with Crippen LogP contribution in [0, 0.1) is 0 Å². The van der Waals surface area contributed by atoms with Crippen molar-refractivity contribution in [2.45, 2.75) is 51.0 Å². The Morgan fingerprint density at radius 1 is 1.53 bits per heavy atom. The first-order valence-corrected chi connectivity index (χ1v) is 7.39. The zero-order valence-corrected chi connectivity index (χ0v) is 11.8. The maximum absolute atomic E-state index is 12.0. The minimum atomic E-state index is -0.482. The molecule has 5 heteroatoms. The predicted octanol–water partition coefficient (Wildman–Crippen LogP) is 1.68. The van der Waals surface area contributed by atoms with E-state index in [1.807, 2.05) is 25.6 Å². The number of hydrogen-bond acceptors (Lipinski definition) is 3. The second-order valence-corrected chi connectivity index (χ2v) is 6.32. The summed E-state index contributed by atoms with van der Waals surface area (Å²) in [6.07, 6.45) is 1.97. The summed E-state index contributed by atoms with van der Waals surface area (Å²) in [5.41, 5.74) is 0. The van der Waals surface area contributed by atoms with Gasteiger partial charge in [-0.2, -0.15) is 11.8 Å². The van der Waals surface area contributed by atoms with Crippen LogP contribution in [0.15, 0.2) is 0 Å². The number of nitrogens with zero attached hydrogens (tertiary/aromatic N) is 1. The molecular weight excluding hydrogens is 236 g/mol. The van der Waals surface area contributed by atoms with Crippen molar-refractivity contribution in [1.82, 2.24) is 10.2 Å². The topological polar surface area (TPSA) is 52.6 Å². The number of amides is 2. The van der Waals surface area contributed by atoms with Gasteiger partial charge in [-0.25, -0.2) is 4.79 Å². The Kier molecular flexibility index (Phi) is 6.12. The normalized spacial score (nSPS) is 21.6. The Labute approximate surface area is 108 Å². The van der Waals surface area contributed by atoms with Crippen LogP contribution in [0.25, 0.3) is 0 Å². The molecule has 2 N–H and O–H groups in total. The smallest absolute Gasteiger partial charge is 0.317 e. The van der Waals surface area contributed by atoms with E-state index in [9.17, 15) is 9.90 Å². The van der Waals surface area contributed by atoms with Crippen molar-refractivity contribution < 1.29 is 9.90 Å². The van der Waals surface area contributed by atoms with E-state index in [0.717, 1.165) is 6.54 Å². The SMILES string of the molecule is CC(O)CN(C(=O)NCC1CCCS1)C(C)C. The molecule has 2 atom stereocenters. The van der Waals surface area contributed by atoms with E-state index in [2.05, 4.69) is 5.32 Å². The molecule has 0 bridgehead atoms. The van der Waals surface area contributed by atoms with Gasteiger partial charge in [-0.15, -0.1) is 0 Å². The van der Waals surface area contributed by atoms with Crippen LogP contribution >= 0.6 is 11.8 Å². The van der Waals surface area contributed by atoms with E-state index < -0.39 is 6.10 Å². The second kappa shape index (κ2) is 7.11. The highest BCUT2D eigenvalue weighted by molar-refractivity contribution is 8.00. The lowest BCUT2D eigenvalue weighted by molar-refractivity contribution is 0.119. The van der Waals surface area contributed by atoms with Gasteiger partial charge in [-0.1, -0.05) is 0 Å². The lowest BCUT2D eigenvalue weighted by Gasteiger charge is -2.28. The Balaban J connectivity index is 2.35. The molecule has 1 aliphatic rings.